The molecule has 0 aliphatic heterocycles. The lowest BCUT2D eigenvalue weighted by atomic mass is 9.60. The Kier molecular flexibility index (Phi) is 3.40. The first-order valence-corrected chi connectivity index (χ1v) is 7.61. The van der Waals surface area contributed by atoms with Crippen molar-refractivity contribution in [3.8, 4) is 0 Å². The largest absolute Gasteiger partial charge is 0.303 e. The molecule has 0 aromatic heterocycles. The smallest absolute Gasteiger partial charge is 0.127 e. The fraction of sp³-hybridized carbons (Fsp3) is 0.632. The number of aldehydes is 1. The van der Waals surface area contributed by atoms with Crippen LogP contribution in [0.15, 0.2) is 36.0 Å². The van der Waals surface area contributed by atoms with Gasteiger partial charge in [0.15, 0.2) is 0 Å². The highest BCUT2D eigenvalue weighted by Crippen LogP contribution is 2.71. The van der Waals surface area contributed by atoms with Crippen LogP contribution in [0.2, 0.25) is 0 Å². The van der Waals surface area contributed by atoms with E-state index in [1.165, 1.54) is 11.1 Å². The van der Waals surface area contributed by atoms with Crippen molar-refractivity contribution >= 4 is 6.29 Å². The molecule has 0 aromatic rings. The Morgan fingerprint density at radius 1 is 1.35 bits per heavy atom. The summed E-state index contributed by atoms with van der Waals surface area (Å²) in [6.07, 6.45) is 8.45. The van der Waals surface area contributed by atoms with Crippen LogP contribution < -0.4 is 0 Å². The van der Waals surface area contributed by atoms with Gasteiger partial charge in [-0.25, -0.2) is 0 Å². The molecule has 1 saturated carbocycles. The van der Waals surface area contributed by atoms with Gasteiger partial charge in [0, 0.05) is 11.3 Å². The van der Waals surface area contributed by atoms with E-state index < -0.39 is 0 Å². The molecule has 0 N–H and O–H groups in total. The average molecular weight is 272 g/mol. The average Bonchev–Trinajstić information content (AvgIpc) is 2.46. The zero-order chi connectivity index (χ0) is 15.3. The molecule has 0 heterocycles. The van der Waals surface area contributed by atoms with Gasteiger partial charge in [-0.2, -0.15) is 0 Å². The lowest BCUT2D eigenvalue weighted by Crippen LogP contribution is -2.39. The second-order valence-electron chi connectivity index (χ2n) is 7.87. The molecule has 2 rings (SSSR count). The highest BCUT2D eigenvalue weighted by atomic mass is 16.1. The molecule has 2 aliphatic carbocycles. The van der Waals surface area contributed by atoms with Gasteiger partial charge in [0.2, 0.25) is 0 Å². The van der Waals surface area contributed by atoms with Crippen LogP contribution in [0, 0.1) is 28.1 Å². The summed E-state index contributed by atoms with van der Waals surface area (Å²) in [6, 6.07) is 0. The third kappa shape index (κ3) is 1.65. The SMILES string of the molecule is C=C(C)CC12C(=CC=CC1C=O)C(C)(C)C(C)(C)C2C. The van der Waals surface area contributed by atoms with Gasteiger partial charge in [0.1, 0.15) is 6.29 Å². The molecule has 20 heavy (non-hydrogen) atoms. The van der Waals surface area contributed by atoms with Gasteiger partial charge in [0.05, 0.1) is 0 Å². The van der Waals surface area contributed by atoms with Gasteiger partial charge in [-0.1, -0.05) is 64.0 Å². The van der Waals surface area contributed by atoms with Crippen molar-refractivity contribution in [2.24, 2.45) is 28.1 Å². The predicted octanol–water partition coefficient (Wildman–Crippen LogP) is 4.95. The van der Waals surface area contributed by atoms with Crippen LogP contribution >= 0.6 is 0 Å². The molecular formula is C19H28O. The van der Waals surface area contributed by atoms with E-state index in [1.54, 1.807) is 0 Å². The van der Waals surface area contributed by atoms with Crippen LogP contribution in [0.25, 0.3) is 0 Å². The first kappa shape index (κ1) is 15.3. The van der Waals surface area contributed by atoms with Gasteiger partial charge in [-0.3, -0.25) is 0 Å². The molecule has 2 aliphatic rings. The highest BCUT2D eigenvalue weighted by Gasteiger charge is 2.64. The van der Waals surface area contributed by atoms with Crippen LogP contribution in [-0.2, 0) is 4.79 Å². The van der Waals surface area contributed by atoms with Crippen LogP contribution in [-0.4, -0.2) is 6.29 Å². The van der Waals surface area contributed by atoms with Gasteiger partial charge in [-0.15, -0.1) is 6.58 Å². The monoisotopic (exact) mass is 272 g/mol. The molecule has 0 spiro atoms. The summed E-state index contributed by atoms with van der Waals surface area (Å²) < 4.78 is 0. The van der Waals surface area contributed by atoms with E-state index in [4.69, 9.17) is 0 Å². The summed E-state index contributed by atoms with van der Waals surface area (Å²) in [4.78, 5) is 11.7. The van der Waals surface area contributed by atoms with E-state index in [-0.39, 0.29) is 22.2 Å². The lowest BCUT2D eigenvalue weighted by Gasteiger charge is -2.43. The zero-order valence-electron chi connectivity index (χ0n) is 13.8. The lowest BCUT2D eigenvalue weighted by molar-refractivity contribution is -0.113. The summed E-state index contributed by atoms with van der Waals surface area (Å²) >= 11 is 0. The minimum Gasteiger partial charge on any atom is -0.303 e. The maximum Gasteiger partial charge on any atom is 0.127 e. The van der Waals surface area contributed by atoms with Crippen LogP contribution in [0.3, 0.4) is 0 Å². The van der Waals surface area contributed by atoms with Gasteiger partial charge in [-0.05, 0) is 30.1 Å². The topological polar surface area (TPSA) is 17.1 Å². The number of hydrogen-bond acceptors (Lipinski definition) is 1. The Bertz CT molecular complexity index is 504. The fourth-order valence-corrected chi connectivity index (χ4v) is 4.65. The standard InChI is InChI=1S/C19H28O/c1-13(2)11-19-14(3)17(4,5)18(6,7)16(19)10-8-9-15(19)12-20/h8-10,12,14-15H,1,11H2,2-7H3. The molecule has 3 atom stereocenters. The third-order valence-electron chi connectivity index (χ3n) is 6.56. The zero-order valence-corrected chi connectivity index (χ0v) is 13.8. The van der Waals surface area contributed by atoms with Gasteiger partial charge < -0.3 is 4.79 Å². The first-order valence-electron chi connectivity index (χ1n) is 7.61. The second-order valence-corrected chi connectivity index (χ2v) is 7.87. The summed E-state index contributed by atoms with van der Waals surface area (Å²) in [5.74, 6) is 0.406. The summed E-state index contributed by atoms with van der Waals surface area (Å²) in [6.45, 7) is 17.9. The normalized spacial score (nSPS) is 37.2. The predicted molar refractivity (Wildman–Crippen MR) is 85.4 cm³/mol. The third-order valence-corrected chi connectivity index (χ3v) is 6.56. The fourth-order valence-electron chi connectivity index (χ4n) is 4.65. The number of carbonyl (C=O) groups is 1. The van der Waals surface area contributed by atoms with Crippen molar-refractivity contribution in [2.45, 2.75) is 48.0 Å². The molecular weight excluding hydrogens is 244 g/mol. The quantitative estimate of drug-likeness (QED) is 0.524. The highest BCUT2D eigenvalue weighted by molar-refractivity contribution is 5.63. The molecule has 0 radical (unpaired) electrons. The molecule has 0 saturated heterocycles. The number of carbonyl (C=O) groups excluding carboxylic acids is 1. The van der Waals surface area contributed by atoms with Crippen molar-refractivity contribution in [1.29, 1.82) is 0 Å². The Labute approximate surface area is 123 Å². The Hall–Kier alpha value is -1.11. The van der Waals surface area contributed by atoms with Crippen LogP contribution in [0.4, 0.5) is 0 Å². The van der Waals surface area contributed by atoms with Crippen molar-refractivity contribution in [1.82, 2.24) is 0 Å². The molecule has 0 amide bonds. The minimum absolute atomic E-state index is 0.0322. The van der Waals surface area contributed by atoms with E-state index in [1.807, 2.05) is 0 Å². The van der Waals surface area contributed by atoms with E-state index in [2.05, 4.69) is 66.3 Å². The molecule has 110 valence electrons. The number of fused-ring (bicyclic) bond motifs is 1. The summed E-state index contributed by atoms with van der Waals surface area (Å²) in [5, 5.41) is 0. The van der Waals surface area contributed by atoms with Crippen LogP contribution in [0.5, 0.6) is 0 Å². The Morgan fingerprint density at radius 3 is 2.45 bits per heavy atom. The summed E-state index contributed by atoms with van der Waals surface area (Å²) in [5.41, 5.74) is 2.76. The first-order chi connectivity index (χ1) is 9.12. The molecule has 3 unspecified atom stereocenters. The maximum absolute atomic E-state index is 11.7. The van der Waals surface area contributed by atoms with Crippen LogP contribution in [0.1, 0.15) is 48.0 Å². The molecule has 1 nitrogen and oxygen atoms in total. The van der Waals surface area contributed by atoms with E-state index >= 15 is 0 Å². The van der Waals surface area contributed by atoms with Gasteiger partial charge in [0.25, 0.3) is 0 Å². The van der Waals surface area contributed by atoms with E-state index in [9.17, 15) is 4.79 Å². The van der Waals surface area contributed by atoms with E-state index in [0.29, 0.717) is 5.92 Å². The molecule has 1 heteroatoms. The van der Waals surface area contributed by atoms with Gasteiger partial charge >= 0.3 is 0 Å². The Morgan fingerprint density at radius 2 is 1.95 bits per heavy atom. The molecule has 0 aromatic carbocycles. The molecule has 1 fully saturated rings. The molecule has 0 bridgehead atoms. The minimum atomic E-state index is -0.0880. The van der Waals surface area contributed by atoms with E-state index in [0.717, 1.165) is 12.7 Å². The Balaban J connectivity index is 2.72. The number of allylic oxidation sites excluding steroid dienone is 5. The van der Waals surface area contributed by atoms with Crippen molar-refractivity contribution in [3.63, 3.8) is 0 Å². The number of hydrogen-bond donors (Lipinski definition) is 0. The summed E-state index contributed by atoms with van der Waals surface area (Å²) in [7, 11) is 0. The van der Waals surface area contributed by atoms with Crippen molar-refractivity contribution < 1.29 is 4.79 Å². The number of rotatable bonds is 3. The second kappa shape index (κ2) is 4.44. The maximum atomic E-state index is 11.7. The van der Waals surface area contributed by atoms with Crippen molar-refractivity contribution in [2.75, 3.05) is 0 Å². The van der Waals surface area contributed by atoms with Crippen molar-refractivity contribution in [3.05, 3.63) is 36.0 Å².